The summed E-state index contributed by atoms with van der Waals surface area (Å²) >= 11 is 0. The van der Waals surface area contributed by atoms with Crippen molar-refractivity contribution in [1.82, 2.24) is 25.4 Å². The number of rotatable bonds is 8. The molecule has 3 rings (SSSR count). The predicted octanol–water partition coefficient (Wildman–Crippen LogP) is 2.73. The fourth-order valence-electron chi connectivity index (χ4n) is 3.08. The second-order valence-electron chi connectivity index (χ2n) is 7.22. The number of anilines is 1. The monoisotopic (exact) mass is 392 g/mol. The van der Waals surface area contributed by atoms with E-state index in [1.165, 1.54) is 0 Å². The van der Waals surface area contributed by atoms with Crippen LogP contribution in [0.4, 0.5) is 5.69 Å². The smallest absolute Gasteiger partial charge is 0.250 e. The van der Waals surface area contributed by atoms with E-state index < -0.39 is 0 Å². The number of amides is 1. The van der Waals surface area contributed by atoms with Crippen molar-refractivity contribution in [2.75, 3.05) is 39.7 Å². The molecule has 7 heteroatoms. The average Bonchev–Trinajstić information content (AvgIpc) is 2.98. The van der Waals surface area contributed by atoms with E-state index in [2.05, 4.69) is 31.9 Å². The van der Waals surface area contributed by atoms with Crippen LogP contribution in [0, 0.1) is 0 Å². The zero-order valence-corrected chi connectivity index (χ0v) is 17.2. The van der Waals surface area contributed by atoms with Crippen LogP contribution >= 0.6 is 0 Å². The molecule has 0 fully saturated rings. The van der Waals surface area contributed by atoms with E-state index in [0.29, 0.717) is 18.5 Å². The van der Waals surface area contributed by atoms with Crippen molar-refractivity contribution < 1.29 is 4.79 Å². The lowest BCUT2D eigenvalue weighted by Gasteiger charge is -2.23. The van der Waals surface area contributed by atoms with Crippen molar-refractivity contribution in [3.05, 3.63) is 66.0 Å². The number of allylic oxidation sites excluding steroid dienone is 3. The standard InChI is InChI=1S/C22H28N6O/c1-27(2)15-7-14-23-22(29)17-8-6-9-18(13-12-17)28(3)26-21-16-24-25-20-11-5-4-10-19(20)21/h4-5,8-13,16H,6-7,14-15H2,1-3H3,(H,23,29)(H,25,26). The highest BCUT2D eigenvalue weighted by Gasteiger charge is 2.11. The van der Waals surface area contributed by atoms with Crippen molar-refractivity contribution in [1.29, 1.82) is 0 Å². The summed E-state index contributed by atoms with van der Waals surface area (Å²) < 4.78 is 0. The summed E-state index contributed by atoms with van der Waals surface area (Å²) in [6.45, 7) is 1.63. The molecule has 1 amide bonds. The third kappa shape index (κ3) is 5.65. The van der Waals surface area contributed by atoms with E-state index in [0.717, 1.165) is 35.3 Å². The summed E-state index contributed by atoms with van der Waals surface area (Å²) in [7, 11) is 6.00. The number of nitrogens with one attached hydrogen (secondary N) is 2. The van der Waals surface area contributed by atoms with Crippen LogP contribution in [0.15, 0.2) is 66.0 Å². The maximum Gasteiger partial charge on any atom is 0.250 e. The van der Waals surface area contributed by atoms with Crippen LogP contribution < -0.4 is 10.7 Å². The van der Waals surface area contributed by atoms with Crippen molar-refractivity contribution in [2.45, 2.75) is 12.8 Å². The minimum Gasteiger partial charge on any atom is -0.352 e. The highest BCUT2D eigenvalue weighted by atomic mass is 16.1. The Labute approximate surface area is 171 Å². The van der Waals surface area contributed by atoms with Crippen molar-refractivity contribution in [3.63, 3.8) is 0 Å². The van der Waals surface area contributed by atoms with Gasteiger partial charge in [0.2, 0.25) is 0 Å². The third-order valence-electron chi connectivity index (χ3n) is 4.65. The van der Waals surface area contributed by atoms with Gasteiger partial charge in [0, 0.05) is 24.6 Å². The molecule has 1 aromatic heterocycles. The Bertz CT molecular complexity index is 942. The van der Waals surface area contributed by atoms with Gasteiger partial charge in [-0.15, -0.1) is 0 Å². The Kier molecular flexibility index (Phi) is 6.97. The molecular formula is C22H28N6O. The van der Waals surface area contributed by atoms with Gasteiger partial charge in [-0.1, -0.05) is 30.4 Å². The van der Waals surface area contributed by atoms with Gasteiger partial charge in [-0.05, 0) is 51.7 Å². The van der Waals surface area contributed by atoms with Gasteiger partial charge in [-0.2, -0.15) is 10.2 Å². The summed E-state index contributed by atoms with van der Waals surface area (Å²) in [5.41, 5.74) is 6.73. The second kappa shape index (κ2) is 9.84. The van der Waals surface area contributed by atoms with Crippen LogP contribution in [0.3, 0.4) is 0 Å². The largest absolute Gasteiger partial charge is 0.352 e. The molecule has 1 aliphatic carbocycles. The molecule has 0 spiro atoms. The topological polar surface area (TPSA) is 73.4 Å². The minimum atomic E-state index is -0.0328. The number of hydrogen-bond donors (Lipinski definition) is 2. The normalized spacial score (nSPS) is 13.7. The summed E-state index contributed by atoms with van der Waals surface area (Å²) in [5.74, 6) is -0.0328. The van der Waals surface area contributed by atoms with Gasteiger partial charge in [0.05, 0.1) is 23.1 Å². The lowest BCUT2D eigenvalue weighted by Crippen LogP contribution is -2.28. The Morgan fingerprint density at radius 3 is 2.79 bits per heavy atom. The lowest BCUT2D eigenvalue weighted by atomic mass is 10.2. The maximum atomic E-state index is 12.4. The first-order valence-corrected chi connectivity index (χ1v) is 9.77. The number of hydrazine groups is 1. The molecular weight excluding hydrogens is 364 g/mol. The third-order valence-corrected chi connectivity index (χ3v) is 4.65. The molecule has 152 valence electrons. The summed E-state index contributed by atoms with van der Waals surface area (Å²) in [4.78, 5) is 14.5. The fraction of sp³-hybridized carbons (Fsp3) is 0.318. The van der Waals surface area contributed by atoms with Crippen LogP contribution in [-0.4, -0.2) is 60.2 Å². The van der Waals surface area contributed by atoms with E-state index in [1.54, 1.807) is 6.20 Å². The molecule has 2 N–H and O–H groups in total. The van der Waals surface area contributed by atoms with Crippen molar-refractivity contribution in [2.24, 2.45) is 0 Å². The van der Waals surface area contributed by atoms with E-state index in [1.807, 2.05) is 68.6 Å². The molecule has 1 aromatic carbocycles. The summed E-state index contributed by atoms with van der Waals surface area (Å²) in [6, 6.07) is 7.87. The van der Waals surface area contributed by atoms with Gasteiger partial charge in [0.15, 0.2) is 0 Å². The van der Waals surface area contributed by atoms with Gasteiger partial charge in [0.1, 0.15) is 0 Å². The van der Waals surface area contributed by atoms with Gasteiger partial charge in [-0.25, -0.2) is 0 Å². The van der Waals surface area contributed by atoms with Gasteiger partial charge in [0.25, 0.3) is 5.91 Å². The second-order valence-corrected chi connectivity index (χ2v) is 7.22. The maximum absolute atomic E-state index is 12.4. The zero-order valence-electron chi connectivity index (χ0n) is 17.2. The summed E-state index contributed by atoms with van der Waals surface area (Å²) in [5, 5.41) is 14.1. The molecule has 2 aromatic rings. The first-order chi connectivity index (χ1) is 14.0. The number of fused-ring (bicyclic) bond motifs is 1. The molecule has 0 bridgehead atoms. The van der Waals surface area contributed by atoms with Crippen LogP contribution in [0.5, 0.6) is 0 Å². The van der Waals surface area contributed by atoms with Crippen molar-refractivity contribution >= 4 is 22.5 Å². The molecule has 0 unspecified atom stereocenters. The van der Waals surface area contributed by atoms with Gasteiger partial charge in [-0.3, -0.25) is 15.2 Å². The quantitative estimate of drug-likeness (QED) is 0.532. The van der Waals surface area contributed by atoms with E-state index in [4.69, 9.17) is 0 Å². The van der Waals surface area contributed by atoms with Crippen LogP contribution in [0.2, 0.25) is 0 Å². The number of aromatic nitrogens is 2. The van der Waals surface area contributed by atoms with Gasteiger partial charge < -0.3 is 10.2 Å². The minimum absolute atomic E-state index is 0.0328. The van der Waals surface area contributed by atoms with E-state index in [9.17, 15) is 4.79 Å². The van der Waals surface area contributed by atoms with Gasteiger partial charge >= 0.3 is 0 Å². The molecule has 29 heavy (non-hydrogen) atoms. The number of nitrogens with zero attached hydrogens (tertiary/aromatic N) is 4. The Hall–Kier alpha value is -3.19. The molecule has 1 heterocycles. The van der Waals surface area contributed by atoms with Crippen LogP contribution in [-0.2, 0) is 4.79 Å². The Balaban J connectivity index is 1.60. The van der Waals surface area contributed by atoms with Crippen LogP contribution in [0.1, 0.15) is 12.8 Å². The number of carbonyl (C=O) groups is 1. The van der Waals surface area contributed by atoms with E-state index >= 15 is 0 Å². The van der Waals surface area contributed by atoms with Crippen LogP contribution in [0.25, 0.3) is 10.9 Å². The number of hydrogen-bond acceptors (Lipinski definition) is 6. The average molecular weight is 393 g/mol. The Morgan fingerprint density at radius 1 is 1.14 bits per heavy atom. The highest BCUT2D eigenvalue weighted by molar-refractivity contribution is 5.96. The van der Waals surface area contributed by atoms with Crippen molar-refractivity contribution in [3.8, 4) is 0 Å². The number of carbonyl (C=O) groups excluding carboxylic acids is 1. The molecule has 0 atom stereocenters. The summed E-state index contributed by atoms with van der Waals surface area (Å²) in [6.07, 6.45) is 11.2. The first kappa shape index (κ1) is 20.5. The van der Waals surface area contributed by atoms with E-state index in [-0.39, 0.29) is 5.91 Å². The molecule has 1 aliphatic rings. The predicted molar refractivity (Wildman–Crippen MR) is 117 cm³/mol. The fourth-order valence-corrected chi connectivity index (χ4v) is 3.08. The first-order valence-electron chi connectivity index (χ1n) is 9.77. The molecule has 0 radical (unpaired) electrons. The number of benzene rings is 1. The molecule has 0 saturated heterocycles. The lowest BCUT2D eigenvalue weighted by molar-refractivity contribution is -0.117. The molecule has 0 aliphatic heterocycles. The molecule has 0 saturated carbocycles. The highest BCUT2D eigenvalue weighted by Crippen LogP contribution is 2.22. The number of likely N-dealkylation sites (N-methyl/N-ethyl adjacent to an activating group) is 1. The SMILES string of the molecule is CN(C)CCCNC(=O)C1=CCC=C(N(C)Nc2cnnc3ccccc23)C=C1. The zero-order chi connectivity index (χ0) is 20.6. The Morgan fingerprint density at radius 2 is 1.97 bits per heavy atom. The molecule has 7 nitrogen and oxygen atoms in total.